The average molecular weight is 416 g/mol. The monoisotopic (exact) mass is 415 g/mol. The van der Waals surface area contributed by atoms with E-state index in [-0.39, 0.29) is 24.4 Å². The highest BCUT2D eigenvalue weighted by Gasteiger charge is 2.33. The van der Waals surface area contributed by atoms with E-state index in [1.165, 1.54) is 0 Å². The molecule has 1 aromatic rings. The summed E-state index contributed by atoms with van der Waals surface area (Å²) in [6.07, 6.45) is 3.31. The van der Waals surface area contributed by atoms with Crippen molar-refractivity contribution >= 4 is 28.3 Å². The number of nitrogens with one attached hydrogen (secondary N) is 1. The van der Waals surface area contributed by atoms with Gasteiger partial charge in [0, 0.05) is 45.7 Å². The minimum absolute atomic E-state index is 0. The molecule has 0 bridgehead atoms. The van der Waals surface area contributed by atoms with Crippen molar-refractivity contribution in [3.63, 3.8) is 0 Å². The zero-order valence-corrected chi connectivity index (χ0v) is 17.7. The van der Waals surface area contributed by atoms with Crippen molar-refractivity contribution in [1.82, 2.24) is 14.5 Å². The fourth-order valence-corrected chi connectivity index (χ4v) is 5.66. The zero-order valence-electron chi connectivity index (χ0n) is 16.1. The second-order valence-electron chi connectivity index (χ2n) is 7.20. The van der Waals surface area contributed by atoms with E-state index in [0.29, 0.717) is 44.0 Å². The summed E-state index contributed by atoms with van der Waals surface area (Å²) >= 11 is 0. The summed E-state index contributed by atoms with van der Waals surface area (Å²) in [4.78, 5) is 13.9. The average Bonchev–Trinajstić information content (AvgIpc) is 2.84. The van der Waals surface area contributed by atoms with Crippen LogP contribution in [0.15, 0.2) is 23.1 Å². The van der Waals surface area contributed by atoms with Gasteiger partial charge in [0.05, 0.1) is 4.90 Å². The highest BCUT2D eigenvalue weighted by molar-refractivity contribution is 7.89. The van der Waals surface area contributed by atoms with E-state index >= 15 is 0 Å². The summed E-state index contributed by atoms with van der Waals surface area (Å²) in [7, 11) is -3.50. The van der Waals surface area contributed by atoms with Gasteiger partial charge in [-0.05, 0) is 42.5 Å². The van der Waals surface area contributed by atoms with Gasteiger partial charge in [-0.15, -0.1) is 12.4 Å². The van der Waals surface area contributed by atoms with E-state index < -0.39 is 10.0 Å². The first kappa shape index (κ1) is 22.1. The van der Waals surface area contributed by atoms with E-state index in [4.69, 9.17) is 0 Å². The molecule has 2 heterocycles. The molecular formula is C19H30ClN3O3S. The minimum Gasteiger partial charge on any atom is -0.342 e. The molecule has 1 fully saturated rings. The Morgan fingerprint density at radius 3 is 2.56 bits per heavy atom. The predicted octanol–water partition coefficient (Wildman–Crippen LogP) is 1.82. The topological polar surface area (TPSA) is 69.7 Å². The van der Waals surface area contributed by atoms with Crippen molar-refractivity contribution in [2.75, 3.05) is 32.7 Å². The molecule has 0 spiro atoms. The molecule has 1 amide bonds. The number of piperazine rings is 1. The Morgan fingerprint density at radius 1 is 1.19 bits per heavy atom. The number of fused-ring (bicyclic) bond motifs is 1. The van der Waals surface area contributed by atoms with Gasteiger partial charge < -0.3 is 10.2 Å². The summed E-state index contributed by atoms with van der Waals surface area (Å²) < 4.78 is 28.2. The Hall–Kier alpha value is -1.15. The van der Waals surface area contributed by atoms with Crippen LogP contribution in [0.1, 0.15) is 37.8 Å². The van der Waals surface area contributed by atoms with Crippen LogP contribution in [0.2, 0.25) is 0 Å². The fraction of sp³-hybridized carbons (Fsp3) is 0.632. The van der Waals surface area contributed by atoms with Crippen LogP contribution in [0.5, 0.6) is 0 Å². The van der Waals surface area contributed by atoms with E-state index in [1.807, 2.05) is 17.0 Å². The van der Waals surface area contributed by atoms with Crippen molar-refractivity contribution in [3.05, 3.63) is 29.3 Å². The molecule has 152 valence electrons. The van der Waals surface area contributed by atoms with Gasteiger partial charge in [-0.3, -0.25) is 4.79 Å². The lowest BCUT2D eigenvalue weighted by Gasteiger charge is -2.35. The van der Waals surface area contributed by atoms with Crippen LogP contribution in [-0.2, 0) is 27.7 Å². The summed E-state index contributed by atoms with van der Waals surface area (Å²) in [5, 5.41) is 3.30. The standard InChI is InChI=1S/C19H29N3O3S.ClH/c1-3-4-18-14-20-9-12-22(18)26(24,25)19-6-5-16-7-10-21(15(2)23)11-8-17(16)13-19;/h5-6,13,18,20H,3-4,7-12,14H2,1-2H3;1H. The van der Waals surface area contributed by atoms with Crippen molar-refractivity contribution in [1.29, 1.82) is 0 Å². The highest BCUT2D eigenvalue weighted by atomic mass is 35.5. The molecule has 1 unspecified atom stereocenters. The van der Waals surface area contributed by atoms with Gasteiger partial charge in [-0.25, -0.2) is 8.42 Å². The first-order chi connectivity index (χ1) is 12.4. The van der Waals surface area contributed by atoms with Crippen LogP contribution in [-0.4, -0.2) is 62.3 Å². The first-order valence-corrected chi connectivity index (χ1v) is 11.0. The van der Waals surface area contributed by atoms with E-state index in [0.717, 1.165) is 30.4 Å². The van der Waals surface area contributed by atoms with E-state index in [2.05, 4.69) is 12.2 Å². The van der Waals surface area contributed by atoms with Gasteiger partial charge in [0.25, 0.3) is 0 Å². The molecule has 0 aliphatic carbocycles. The molecule has 1 N–H and O–H groups in total. The smallest absolute Gasteiger partial charge is 0.243 e. The molecule has 8 heteroatoms. The molecular weight excluding hydrogens is 386 g/mol. The summed E-state index contributed by atoms with van der Waals surface area (Å²) in [6.45, 7) is 6.95. The SMILES string of the molecule is CCCC1CNCCN1S(=O)(=O)c1ccc2c(c1)CCN(C(C)=O)CC2.Cl. The maximum atomic E-state index is 13.3. The van der Waals surface area contributed by atoms with Crippen LogP contribution in [0.4, 0.5) is 0 Å². The van der Waals surface area contributed by atoms with Crippen LogP contribution in [0.25, 0.3) is 0 Å². The Labute approximate surface area is 168 Å². The number of halogens is 1. The second kappa shape index (κ2) is 9.37. The lowest BCUT2D eigenvalue weighted by molar-refractivity contribution is -0.128. The fourth-order valence-electron chi connectivity index (χ4n) is 3.95. The normalized spacial score (nSPS) is 21.1. The number of carbonyl (C=O) groups is 1. The summed E-state index contributed by atoms with van der Waals surface area (Å²) in [5.74, 6) is 0.0777. The maximum absolute atomic E-state index is 13.3. The minimum atomic E-state index is -3.50. The van der Waals surface area contributed by atoms with E-state index in [1.54, 1.807) is 17.3 Å². The third-order valence-electron chi connectivity index (χ3n) is 5.45. The van der Waals surface area contributed by atoms with Crippen LogP contribution < -0.4 is 5.32 Å². The van der Waals surface area contributed by atoms with Gasteiger partial charge in [-0.2, -0.15) is 4.31 Å². The molecule has 27 heavy (non-hydrogen) atoms. The van der Waals surface area contributed by atoms with Crippen molar-refractivity contribution in [2.45, 2.75) is 50.5 Å². The molecule has 1 atom stereocenters. The molecule has 1 aromatic carbocycles. The molecule has 2 aliphatic rings. The molecule has 2 aliphatic heterocycles. The van der Waals surface area contributed by atoms with Crippen molar-refractivity contribution < 1.29 is 13.2 Å². The first-order valence-electron chi connectivity index (χ1n) is 9.53. The number of nitrogens with zero attached hydrogens (tertiary/aromatic N) is 2. The van der Waals surface area contributed by atoms with Crippen LogP contribution in [0.3, 0.4) is 0 Å². The quantitative estimate of drug-likeness (QED) is 0.814. The van der Waals surface area contributed by atoms with E-state index in [9.17, 15) is 13.2 Å². The van der Waals surface area contributed by atoms with Crippen LogP contribution in [0, 0.1) is 0 Å². The number of hydrogen-bond acceptors (Lipinski definition) is 4. The molecule has 0 radical (unpaired) electrons. The van der Waals surface area contributed by atoms with Gasteiger partial charge in [-0.1, -0.05) is 19.4 Å². The second-order valence-corrected chi connectivity index (χ2v) is 9.09. The lowest BCUT2D eigenvalue weighted by atomic mass is 10.0. The van der Waals surface area contributed by atoms with Gasteiger partial charge in [0.2, 0.25) is 15.9 Å². The van der Waals surface area contributed by atoms with Crippen molar-refractivity contribution in [2.24, 2.45) is 0 Å². The number of hydrogen-bond donors (Lipinski definition) is 1. The third kappa shape index (κ3) is 4.83. The zero-order chi connectivity index (χ0) is 18.7. The Morgan fingerprint density at radius 2 is 1.89 bits per heavy atom. The Balaban J connectivity index is 0.00000261. The van der Waals surface area contributed by atoms with Gasteiger partial charge in [0.1, 0.15) is 0 Å². The molecule has 0 aromatic heterocycles. The predicted molar refractivity (Wildman–Crippen MR) is 109 cm³/mol. The number of rotatable bonds is 4. The Kier molecular flexibility index (Phi) is 7.68. The molecule has 1 saturated heterocycles. The van der Waals surface area contributed by atoms with Gasteiger partial charge >= 0.3 is 0 Å². The summed E-state index contributed by atoms with van der Waals surface area (Å²) in [6, 6.07) is 5.52. The maximum Gasteiger partial charge on any atom is 0.243 e. The summed E-state index contributed by atoms with van der Waals surface area (Å²) in [5.41, 5.74) is 2.20. The Bertz CT molecular complexity index is 767. The number of carbonyl (C=O) groups excluding carboxylic acids is 1. The van der Waals surface area contributed by atoms with Crippen LogP contribution >= 0.6 is 12.4 Å². The number of amides is 1. The molecule has 3 rings (SSSR count). The third-order valence-corrected chi connectivity index (χ3v) is 7.40. The van der Waals surface area contributed by atoms with Crippen molar-refractivity contribution in [3.8, 4) is 0 Å². The largest absolute Gasteiger partial charge is 0.342 e. The van der Waals surface area contributed by atoms with Gasteiger partial charge in [0.15, 0.2) is 0 Å². The number of sulfonamides is 1. The number of benzene rings is 1. The molecule has 6 nitrogen and oxygen atoms in total. The molecule has 0 saturated carbocycles. The lowest BCUT2D eigenvalue weighted by Crippen LogP contribution is -2.53. The highest BCUT2D eigenvalue weighted by Crippen LogP contribution is 2.25.